The number of nitrogens with zero attached hydrogens (tertiary/aromatic N) is 1. The molecular weight excluding hydrogens is 448 g/mol. The van der Waals surface area contributed by atoms with Gasteiger partial charge in [-0.15, -0.1) is 0 Å². The summed E-state index contributed by atoms with van der Waals surface area (Å²) in [6, 6.07) is 16.1. The number of piperidine rings is 2. The van der Waals surface area contributed by atoms with Crippen molar-refractivity contribution in [3.8, 4) is 0 Å². The van der Waals surface area contributed by atoms with Crippen LogP contribution in [0.4, 0.5) is 0 Å². The molecule has 5 nitrogen and oxygen atoms in total. The fraction of sp³-hybridized carbons (Fsp3) is 0.429. The molecule has 178 valence electrons. The number of amides is 1. The zero-order valence-electron chi connectivity index (χ0n) is 18.3. The number of aromatic nitrogens is 1. The van der Waals surface area contributed by atoms with Gasteiger partial charge in [0.15, 0.2) is 0 Å². The van der Waals surface area contributed by atoms with Crippen LogP contribution in [0, 0.1) is 11.3 Å². The number of rotatable bonds is 5. The van der Waals surface area contributed by atoms with Crippen molar-refractivity contribution in [3.63, 3.8) is 0 Å². The first-order valence-electron chi connectivity index (χ1n) is 11.8. The Morgan fingerprint density at radius 1 is 1.09 bits per heavy atom. The second-order valence-electron chi connectivity index (χ2n) is 10.2. The Bertz CT molecular complexity index is 1220. The molecule has 4 bridgehead atoms. The molecule has 2 saturated heterocycles. The number of aromatic amines is 1. The monoisotopic (exact) mass is 478 g/mol. The Morgan fingerprint density at radius 2 is 1.79 bits per heavy atom. The van der Waals surface area contributed by atoms with E-state index in [-0.39, 0.29) is 31.3 Å². The normalized spacial score (nSPS) is 28.0. The van der Waals surface area contributed by atoms with Gasteiger partial charge in [-0.3, -0.25) is 9.59 Å². The molecule has 2 saturated carbocycles. The van der Waals surface area contributed by atoms with Crippen molar-refractivity contribution < 1.29 is 14.7 Å². The Kier molecular flexibility index (Phi) is 5.71. The highest BCUT2D eigenvalue weighted by Crippen LogP contribution is 2.56. The second-order valence-corrected chi connectivity index (χ2v) is 10.7. The standard InChI is InChI=1S/C27H27ClN2O3.CH4/c28-18-6-7-21-23(15-29-24(21)10-18)22(17-4-2-1-3-5-17)11-25(31)30-19-8-16-9-20(30)14-27(12-16,13-19)26(32)33;/h1-7,10,15-16,19-20,22,29H,8-9,11-14H2,(H,32,33);1H4. The summed E-state index contributed by atoms with van der Waals surface area (Å²) in [5, 5.41) is 11.7. The number of hydrogen-bond acceptors (Lipinski definition) is 2. The van der Waals surface area contributed by atoms with Gasteiger partial charge in [0.25, 0.3) is 0 Å². The molecule has 2 aliphatic carbocycles. The first kappa shape index (κ1) is 23.0. The Hall–Kier alpha value is -2.79. The molecule has 3 heterocycles. The number of aliphatic carboxylic acids is 1. The zero-order valence-corrected chi connectivity index (χ0v) is 19.1. The van der Waals surface area contributed by atoms with Crippen LogP contribution in [-0.2, 0) is 9.59 Å². The van der Waals surface area contributed by atoms with Gasteiger partial charge in [-0.1, -0.05) is 55.4 Å². The molecule has 2 N–H and O–H groups in total. The third-order valence-electron chi connectivity index (χ3n) is 8.30. The number of nitrogens with one attached hydrogen (secondary N) is 1. The van der Waals surface area contributed by atoms with Crippen LogP contribution in [0.3, 0.4) is 0 Å². The summed E-state index contributed by atoms with van der Waals surface area (Å²) in [4.78, 5) is 31.3. The van der Waals surface area contributed by atoms with Gasteiger partial charge in [-0.2, -0.15) is 0 Å². The average molecular weight is 479 g/mol. The van der Waals surface area contributed by atoms with Gasteiger partial charge in [-0.25, -0.2) is 0 Å². The topological polar surface area (TPSA) is 73.4 Å². The van der Waals surface area contributed by atoms with Crippen LogP contribution < -0.4 is 0 Å². The van der Waals surface area contributed by atoms with E-state index in [1.165, 1.54) is 0 Å². The fourth-order valence-electron chi connectivity index (χ4n) is 7.08. The molecule has 3 atom stereocenters. The summed E-state index contributed by atoms with van der Waals surface area (Å²) in [5.41, 5.74) is 2.54. The summed E-state index contributed by atoms with van der Waals surface area (Å²) < 4.78 is 0. The first-order valence-corrected chi connectivity index (χ1v) is 12.2. The molecule has 1 amide bonds. The van der Waals surface area contributed by atoms with E-state index in [0.717, 1.165) is 41.3 Å². The smallest absolute Gasteiger partial charge is 0.309 e. The van der Waals surface area contributed by atoms with E-state index in [4.69, 9.17) is 11.6 Å². The Balaban J connectivity index is 0.00000241. The van der Waals surface area contributed by atoms with Gasteiger partial charge < -0.3 is 15.0 Å². The number of carboxylic acids is 1. The summed E-state index contributed by atoms with van der Waals surface area (Å²) in [6.45, 7) is 0. The quantitative estimate of drug-likeness (QED) is 0.457. The van der Waals surface area contributed by atoms with Crippen LogP contribution >= 0.6 is 11.6 Å². The number of carboxylic acid groups (broad SMARTS) is 1. The summed E-state index contributed by atoms with van der Waals surface area (Å²) >= 11 is 6.19. The lowest BCUT2D eigenvalue weighted by Crippen LogP contribution is -2.65. The minimum Gasteiger partial charge on any atom is -0.481 e. The van der Waals surface area contributed by atoms with E-state index in [1.54, 1.807) is 0 Å². The highest BCUT2D eigenvalue weighted by atomic mass is 35.5. The molecule has 34 heavy (non-hydrogen) atoms. The molecule has 7 rings (SSSR count). The van der Waals surface area contributed by atoms with Crippen molar-refractivity contribution in [2.24, 2.45) is 11.3 Å². The van der Waals surface area contributed by atoms with Gasteiger partial charge in [0, 0.05) is 46.5 Å². The lowest BCUT2D eigenvalue weighted by molar-refractivity contribution is -0.178. The van der Waals surface area contributed by atoms with E-state index < -0.39 is 11.4 Å². The molecule has 0 spiro atoms. The van der Waals surface area contributed by atoms with Crippen molar-refractivity contribution in [3.05, 3.63) is 70.9 Å². The summed E-state index contributed by atoms with van der Waals surface area (Å²) in [5.74, 6) is -0.180. The molecule has 3 unspecified atom stereocenters. The van der Waals surface area contributed by atoms with Crippen LogP contribution in [0.5, 0.6) is 0 Å². The lowest BCUT2D eigenvalue weighted by Gasteiger charge is -2.60. The first-order chi connectivity index (χ1) is 15.9. The lowest BCUT2D eigenvalue weighted by atomic mass is 9.55. The molecule has 2 aromatic carbocycles. The third-order valence-corrected chi connectivity index (χ3v) is 8.54. The number of carbonyl (C=O) groups is 2. The van der Waals surface area contributed by atoms with Gasteiger partial charge >= 0.3 is 5.97 Å². The SMILES string of the molecule is C.O=C(CC(c1ccccc1)c1c[nH]c2cc(Cl)ccc12)N1C2CC3CC1CC(C(=O)O)(C3)C2. The largest absolute Gasteiger partial charge is 0.481 e. The molecule has 4 aliphatic rings. The average Bonchev–Trinajstić information content (AvgIpc) is 3.20. The molecule has 2 aliphatic heterocycles. The van der Waals surface area contributed by atoms with Crippen LogP contribution in [0.1, 0.15) is 63.0 Å². The van der Waals surface area contributed by atoms with Crippen molar-refractivity contribution in [1.82, 2.24) is 9.88 Å². The van der Waals surface area contributed by atoms with Crippen molar-refractivity contribution in [2.75, 3.05) is 0 Å². The number of hydrogen-bond donors (Lipinski definition) is 2. The van der Waals surface area contributed by atoms with Crippen molar-refractivity contribution in [1.29, 1.82) is 0 Å². The third kappa shape index (κ3) is 3.61. The predicted molar refractivity (Wildman–Crippen MR) is 134 cm³/mol. The van der Waals surface area contributed by atoms with E-state index in [2.05, 4.69) is 22.0 Å². The van der Waals surface area contributed by atoms with Crippen LogP contribution in [-0.4, -0.2) is 39.0 Å². The van der Waals surface area contributed by atoms with Gasteiger partial charge in [-0.05, 0) is 61.3 Å². The van der Waals surface area contributed by atoms with Crippen LogP contribution in [0.25, 0.3) is 10.9 Å². The maximum atomic E-state index is 13.8. The minimum absolute atomic E-state index is 0. The summed E-state index contributed by atoms with van der Waals surface area (Å²) in [7, 11) is 0. The van der Waals surface area contributed by atoms with Crippen LogP contribution in [0.15, 0.2) is 54.7 Å². The molecule has 3 aromatic rings. The molecule has 4 fully saturated rings. The highest BCUT2D eigenvalue weighted by molar-refractivity contribution is 6.31. The Morgan fingerprint density at radius 3 is 2.47 bits per heavy atom. The maximum Gasteiger partial charge on any atom is 0.309 e. The predicted octanol–water partition coefficient (Wildman–Crippen LogP) is 6.22. The molecule has 1 aromatic heterocycles. The van der Waals surface area contributed by atoms with Crippen LogP contribution in [0.2, 0.25) is 5.02 Å². The fourth-order valence-corrected chi connectivity index (χ4v) is 7.25. The van der Waals surface area contributed by atoms with E-state index in [9.17, 15) is 14.7 Å². The number of fused-ring (bicyclic) bond motifs is 1. The van der Waals surface area contributed by atoms with Gasteiger partial charge in [0.05, 0.1) is 5.41 Å². The molecular formula is C28H31ClN2O3. The van der Waals surface area contributed by atoms with Gasteiger partial charge in [0.2, 0.25) is 5.91 Å². The number of H-pyrrole nitrogens is 1. The number of halogens is 1. The van der Waals surface area contributed by atoms with Gasteiger partial charge in [0.1, 0.15) is 0 Å². The Labute approximate surface area is 205 Å². The van der Waals surface area contributed by atoms with E-state index >= 15 is 0 Å². The van der Waals surface area contributed by atoms with Crippen molar-refractivity contribution >= 4 is 34.4 Å². The highest BCUT2D eigenvalue weighted by Gasteiger charge is 2.59. The second kappa shape index (κ2) is 8.46. The van der Waals surface area contributed by atoms with Crippen molar-refractivity contribution in [2.45, 2.75) is 64.0 Å². The number of benzene rings is 2. The summed E-state index contributed by atoms with van der Waals surface area (Å²) in [6.07, 6.45) is 6.24. The maximum absolute atomic E-state index is 13.8. The molecule has 0 radical (unpaired) electrons. The van der Waals surface area contributed by atoms with E-state index in [1.807, 2.05) is 42.6 Å². The minimum atomic E-state index is -0.673. The van der Waals surface area contributed by atoms with E-state index in [0.29, 0.717) is 30.2 Å². The number of carbonyl (C=O) groups excluding carboxylic acids is 1. The molecule has 6 heteroatoms. The zero-order chi connectivity index (χ0) is 22.7.